The lowest BCUT2D eigenvalue weighted by molar-refractivity contribution is 0.319. The van der Waals surface area contributed by atoms with Crippen LogP contribution in [0.25, 0.3) is 0 Å². The number of nitrogens with one attached hydrogen (secondary N) is 1. The number of aliphatic hydroxyl groups excluding tert-OH is 1. The van der Waals surface area contributed by atoms with Gasteiger partial charge in [-0.15, -0.1) is 12.3 Å². The van der Waals surface area contributed by atoms with Crippen molar-refractivity contribution in [1.82, 2.24) is 4.72 Å². The van der Waals surface area contributed by atoms with E-state index in [-0.39, 0.29) is 12.4 Å². The number of hydrogen-bond acceptors (Lipinski definition) is 3. The molecule has 0 aromatic carbocycles. The molecule has 0 saturated carbocycles. The molecule has 0 fully saturated rings. The van der Waals surface area contributed by atoms with E-state index in [1.165, 1.54) is 0 Å². The van der Waals surface area contributed by atoms with E-state index < -0.39 is 10.0 Å². The van der Waals surface area contributed by atoms with Crippen molar-refractivity contribution in [3.8, 4) is 12.3 Å². The Labute approximate surface area is 73.0 Å². The number of aliphatic hydroxyl groups is 1. The molecule has 0 radical (unpaired) electrons. The summed E-state index contributed by atoms with van der Waals surface area (Å²) in [5, 5.41) is 8.35. The molecule has 0 bridgehead atoms. The molecule has 0 aliphatic rings. The summed E-state index contributed by atoms with van der Waals surface area (Å²) >= 11 is 0. The van der Waals surface area contributed by atoms with Crippen molar-refractivity contribution < 1.29 is 13.5 Å². The number of unbranched alkanes of at least 4 members (excludes halogenated alkanes) is 1. The van der Waals surface area contributed by atoms with Crippen molar-refractivity contribution >= 4 is 10.0 Å². The molecule has 0 rings (SSSR count). The van der Waals surface area contributed by atoms with E-state index in [1.807, 2.05) is 0 Å². The maximum absolute atomic E-state index is 10.9. The Morgan fingerprint density at radius 2 is 2.17 bits per heavy atom. The predicted octanol–water partition coefficient (Wildman–Crippen LogP) is -0.689. The van der Waals surface area contributed by atoms with Crippen molar-refractivity contribution in [2.45, 2.75) is 12.8 Å². The molecule has 0 saturated heterocycles. The highest BCUT2D eigenvalue weighted by atomic mass is 32.2. The third-order valence-corrected chi connectivity index (χ3v) is 2.54. The minimum absolute atomic E-state index is 0.247. The molecule has 12 heavy (non-hydrogen) atoms. The van der Waals surface area contributed by atoms with Gasteiger partial charge in [0, 0.05) is 13.0 Å². The van der Waals surface area contributed by atoms with Crippen LogP contribution in [-0.4, -0.2) is 32.4 Å². The fourth-order valence-corrected chi connectivity index (χ4v) is 1.45. The Bertz CT molecular complexity index is 240. The van der Waals surface area contributed by atoms with Crippen LogP contribution in [0.5, 0.6) is 0 Å². The molecule has 2 N–H and O–H groups in total. The first-order chi connectivity index (χ1) is 5.62. The monoisotopic (exact) mass is 191 g/mol. The Hall–Kier alpha value is -0.570. The van der Waals surface area contributed by atoms with Crippen LogP contribution in [0, 0.1) is 12.3 Å². The molecular weight excluding hydrogens is 178 g/mol. The molecule has 0 heterocycles. The van der Waals surface area contributed by atoms with E-state index in [4.69, 9.17) is 11.5 Å². The van der Waals surface area contributed by atoms with Crippen molar-refractivity contribution in [2.24, 2.45) is 0 Å². The lowest BCUT2D eigenvalue weighted by atomic mass is 10.3. The van der Waals surface area contributed by atoms with Crippen LogP contribution >= 0.6 is 0 Å². The lowest BCUT2D eigenvalue weighted by Crippen LogP contribution is -2.28. The molecule has 0 aromatic heterocycles. The largest absolute Gasteiger partial charge is 0.395 e. The van der Waals surface area contributed by atoms with Gasteiger partial charge in [-0.1, -0.05) is 0 Å². The molecule has 0 aliphatic heterocycles. The Morgan fingerprint density at radius 1 is 1.50 bits per heavy atom. The van der Waals surface area contributed by atoms with E-state index in [1.54, 1.807) is 0 Å². The second-order valence-electron chi connectivity index (χ2n) is 2.24. The molecular formula is C7H13NO3S. The SMILES string of the molecule is C#CCCCNS(=O)(=O)CCO. The van der Waals surface area contributed by atoms with Gasteiger partial charge in [0.25, 0.3) is 0 Å². The summed E-state index contributed by atoms with van der Waals surface area (Å²) < 4.78 is 24.1. The van der Waals surface area contributed by atoms with E-state index in [0.717, 1.165) is 0 Å². The topological polar surface area (TPSA) is 66.4 Å². The fourth-order valence-electron chi connectivity index (χ4n) is 0.610. The van der Waals surface area contributed by atoms with Crippen LogP contribution in [0.3, 0.4) is 0 Å². The number of terminal acetylenes is 1. The van der Waals surface area contributed by atoms with Crippen LogP contribution in [0.2, 0.25) is 0 Å². The summed E-state index contributed by atoms with van der Waals surface area (Å²) in [7, 11) is -3.28. The fraction of sp³-hybridized carbons (Fsp3) is 0.714. The number of hydrogen-bond donors (Lipinski definition) is 2. The zero-order chi connectivity index (χ0) is 9.45. The summed E-state index contributed by atoms with van der Waals surface area (Å²) in [6, 6.07) is 0. The third kappa shape index (κ3) is 6.16. The highest BCUT2D eigenvalue weighted by Crippen LogP contribution is 1.87. The first-order valence-electron chi connectivity index (χ1n) is 3.64. The van der Waals surface area contributed by atoms with Gasteiger partial charge in [0.15, 0.2) is 0 Å². The normalized spacial score (nSPS) is 11.0. The van der Waals surface area contributed by atoms with E-state index in [0.29, 0.717) is 19.4 Å². The Balaban J connectivity index is 3.57. The van der Waals surface area contributed by atoms with E-state index in [2.05, 4.69) is 10.6 Å². The Kier molecular flexibility index (Phi) is 5.72. The smallest absolute Gasteiger partial charge is 0.213 e. The molecule has 0 atom stereocenters. The summed E-state index contributed by atoms with van der Waals surface area (Å²) in [6.45, 7) is -0.0169. The molecule has 0 aromatic rings. The van der Waals surface area contributed by atoms with Crippen LogP contribution in [0.15, 0.2) is 0 Å². The van der Waals surface area contributed by atoms with Gasteiger partial charge in [0.2, 0.25) is 10.0 Å². The lowest BCUT2D eigenvalue weighted by Gasteiger charge is -2.02. The Morgan fingerprint density at radius 3 is 2.67 bits per heavy atom. The predicted molar refractivity (Wildman–Crippen MR) is 46.9 cm³/mol. The number of sulfonamides is 1. The second kappa shape index (κ2) is 6.00. The van der Waals surface area contributed by atoms with Crippen molar-refractivity contribution in [1.29, 1.82) is 0 Å². The van der Waals surface area contributed by atoms with Gasteiger partial charge in [0.05, 0.1) is 12.4 Å². The van der Waals surface area contributed by atoms with E-state index in [9.17, 15) is 8.42 Å². The highest BCUT2D eigenvalue weighted by molar-refractivity contribution is 7.89. The second-order valence-corrected chi connectivity index (χ2v) is 4.17. The molecule has 70 valence electrons. The first-order valence-corrected chi connectivity index (χ1v) is 5.29. The van der Waals surface area contributed by atoms with Crippen molar-refractivity contribution in [3.63, 3.8) is 0 Å². The third-order valence-electron chi connectivity index (χ3n) is 1.18. The van der Waals surface area contributed by atoms with Crippen LogP contribution < -0.4 is 4.72 Å². The maximum Gasteiger partial charge on any atom is 0.213 e. The van der Waals surface area contributed by atoms with Gasteiger partial charge >= 0.3 is 0 Å². The quantitative estimate of drug-likeness (QED) is 0.431. The minimum atomic E-state index is -3.28. The van der Waals surface area contributed by atoms with Gasteiger partial charge in [-0.3, -0.25) is 0 Å². The molecule has 4 nitrogen and oxygen atoms in total. The van der Waals surface area contributed by atoms with Gasteiger partial charge in [0.1, 0.15) is 0 Å². The van der Waals surface area contributed by atoms with Crippen molar-refractivity contribution in [2.75, 3.05) is 18.9 Å². The number of rotatable bonds is 6. The summed E-state index contributed by atoms with van der Waals surface area (Å²) in [6.07, 6.45) is 6.15. The minimum Gasteiger partial charge on any atom is -0.395 e. The van der Waals surface area contributed by atoms with Crippen LogP contribution in [-0.2, 0) is 10.0 Å². The van der Waals surface area contributed by atoms with Gasteiger partial charge in [-0.25, -0.2) is 13.1 Å². The van der Waals surface area contributed by atoms with Gasteiger partial charge in [-0.2, -0.15) is 0 Å². The van der Waals surface area contributed by atoms with Gasteiger partial charge in [-0.05, 0) is 6.42 Å². The average molecular weight is 191 g/mol. The zero-order valence-electron chi connectivity index (χ0n) is 6.78. The first kappa shape index (κ1) is 11.4. The maximum atomic E-state index is 10.9. The highest BCUT2D eigenvalue weighted by Gasteiger charge is 2.06. The molecule has 0 aliphatic carbocycles. The summed E-state index contributed by atoms with van der Waals surface area (Å²) in [4.78, 5) is 0. The molecule has 5 heteroatoms. The average Bonchev–Trinajstić information content (AvgIpc) is 1.98. The summed E-state index contributed by atoms with van der Waals surface area (Å²) in [5.74, 6) is 2.15. The summed E-state index contributed by atoms with van der Waals surface area (Å²) in [5.41, 5.74) is 0. The van der Waals surface area contributed by atoms with E-state index >= 15 is 0 Å². The molecule has 0 amide bonds. The molecule has 0 unspecified atom stereocenters. The standard InChI is InChI=1S/C7H13NO3S/c1-2-3-4-5-8-12(10,11)7-6-9/h1,8-9H,3-7H2. The van der Waals surface area contributed by atoms with Crippen LogP contribution in [0.4, 0.5) is 0 Å². The molecule has 0 spiro atoms. The van der Waals surface area contributed by atoms with Gasteiger partial charge < -0.3 is 5.11 Å². The van der Waals surface area contributed by atoms with Crippen molar-refractivity contribution in [3.05, 3.63) is 0 Å². The van der Waals surface area contributed by atoms with Crippen LogP contribution in [0.1, 0.15) is 12.8 Å². The zero-order valence-corrected chi connectivity index (χ0v) is 7.60.